The molecule has 0 fully saturated rings. The number of phenolic OH excluding ortho intramolecular Hbond substituents is 1. The molecule has 0 radical (unpaired) electrons. The zero-order valence-electron chi connectivity index (χ0n) is 7.57. The molecule has 0 unspecified atom stereocenters. The number of hydrogen-bond acceptors (Lipinski definition) is 4. The molecular weight excluding hydrogens is 198 g/mol. The monoisotopic (exact) mass is 205 g/mol. The predicted molar refractivity (Wildman–Crippen MR) is 51.9 cm³/mol. The summed E-state index contributed by atoms with van der Waals surface area (Å²) < 4.78 is 1.33. The Morgan fingerprint density at radius 2 is 2.27 bits per heavy atom. The van der Waals surface area contributed by atoms with E-state index in [1.165, 1.54) is 23.0 Å². The number of nitro groups is 1. The molecule has 76 valence electrons. The normalized spacial score (nSPS) is 10.1. The summed E-state index contributed by atoms with van der Waals surface area (Å²) in [5, 5.41) is 23.4. The summed E-state index contributed by atoms with van der Waals surface area (Å²) in [6, 6.07) is 6.31. The van der Waals surface area contributed by atoms with E-state index in [1.807, 2.05) is 0 Å². The summed E-state index contributed by atoms with van der Waals surface area (Å²) in [5.41, 5.74) is 0.487. The second-order valence-electron chi connectivity index (χ2n) is 2.92. The van der Waals surface area contributed by atoms with Gasteiger partial charge in [-0.3, -0.25) is 10.1 Å². The Balaban J connectivity index is 2.41. The van der Waals surface area contributed by atoms with Crippen molar-refractivity contribution >= 4 is 5.69 Å². The van der Waals surface area contributed by atoms with E-state index in [2.05, 4.69) is 5.10 Å². The molecule has 0 atom stereocenters. The summed E-state index contributed by atoms with van der Waals surface area (Å²) in [5.74, 6) is 0.0886. The van der Waals surface area contributed by atoms with E-state index in [1.54, 1.807) is 12.1 Å². The zero-order valence-corrected chi connectivity index (χ0v) is 7.57. The van der Waals surface area contributed by atoms with Crippen LogP contribution < -0.4 is 0 Å². The van der Waals surface area contributed by atoms with Gasteiger partial charge in [-0.1, -0.05) is 6.07 Å². The minimum Gasteiger partial charge on any atom is -0.508 e. The summed E-state index contributed by atoms with van der Waals surface area (Å²) >= 11 is 0. The second kappa shape index (κ2) is 3.41. The van der Waals surface area contributed by atoms with Crippen LogP contribution in [0.15, 0.2) is 36.7 Å². The van der Waals surface area contributed by atoms with Gasteiger partial charge < -0.3 is 5.11 Å². The highest BCUT2D eigenvalue weighted by atomic mass is 16.6. The molecule has 0 amide bonds. The fourth-order valence-electron chi connectivity index (χ4n) is 1.18. The second-order valence-corrected chi connectivity index (χ2v) is 2.92. The third kappa shape index (κ3) is 1.78. The molecule has 6 heteroatoms. The highest BCUT2D eigenvalue weighted by molar-refractivity contribution is 5.39. The summed E-state index contributed by atoms with van der Waals surface area (Å²) in [4.78, 5) is 9.89. The van der Waals surface area contributed by atoms with Crippen LogP contribution in [0.5, 0.6) is 5.75 Å². The van der Waals surface area contributed by atoms with E-state index in [0.29, 0.717) is 5.69 Å². The Morgan fingerprint density at radius 1 is 1.47 bits per heavy atom. The van der Waals surface area contributed by atoms with Gasteiger partial charge in [-0.25, -0.2) is 4.68 Å². The van der Waals surface area contributed by atoms with E-state index in [9.17, 15) is 15.2 Å². The van der Waals surface area contributed by atoms with Gasteiger partial charge in [0.05, 0.1) is 10.6 Å². The fourth-order valence-corrected chi connectivity index (χ4v) is 1.18. The molecule has 0 aliphatic carbocycles. The van der Waals surface area contributed by atoms with Crippen molar-refractivity contribution in [2.24, 2.45) is 0 Å². The maximum absolute atomic E-state index is 10.4. The lowest BCUT2D eigenvalue weighted by molar-refractivity contribution is -0.384. The van der Waals surface area contributed by atoms with Crippen LogP contribution in [0.3, 0.4) is 0 Å². The van der Waals surface area contributed by atoms with Gasteiger partial charge in [0.15, 0.2) is 0 Å². The lowest BCUT2D eigenvalue weighted by atomic mass is 10.3. The van der Waals surface area contributed by atoms with Gasteiger partial charge in [0, 0.05) is 6.07 Å². The number of aromatic hydroxyl groups is 1. The fraction of sp³-hybridized carbons (Fsp3) is 0. The molecule has 0 aliphatic rings. The molecular formula is C9H7N3O3. The first-order chi connectivity index (χ1) is 7.16. The number of hydrogen-bond donors (Lipinski definition) is 1. The van der Waals surface area contributed by atoms with Gasteiger partial charge in [-0.2, -0.15) is 5.10 Å². The average Bonchev–Trinajstić information content (AvgIpc) is 2.66. The van der Waals surface area contributed by atoms with Gasteiger partial charge in [0.25, 0.3) is 0 Å². The van der Waals surface area contributed by atoms with Crippen molar-refractivity contribution in [1.29, 1.82) is 0 Å². The molecule has 0 aliphatic heterocycles. The Bertz CT molecular complexity index is 507. The Hall–Kier alpha value is -2.37. The molecule has 2 rings (SSSR count). The average molecular weight is 205 g/mol. The summed E-state index contributed by atoms with van der Waals surface area (Å²) in [7, 11) is 0. The summed E-state index contributed by atoms with van der Waals surface area (Å²) in [6.07, 6.45) is 2.44. The number of aromatic nitrogens is 2. The molecule has 1 heterocycles. The van der Waals surface area contributed by atoms with Gasteiger partial charge in [0.2, 0.25) is 0 Å². The predicted octanol–water partition coefficient (Wildman–Crippen LogP) is 1.49. The van der Waals surface area contributed by atoms with Gasteiger partial charge in [-0.05, 0) is 12.1 Å². The third-order valence-electron chi connectivity index (χ3n) is 1.87. The molecule has 1 aromatic carbocycles. The molecule has 1 aromatic heterocycles. The lowest BCUT2D eigenvalue weighted by Crippen LogP contribution is -1.93. The Morgan fingerprint density at radius 3 is 2.87 bits per heavy atom. The zero-order chi connectivity index (χ0) is 10.8. The van der Waals surface area contributed by atoms with E-state index in [-0.39, 0.29) is 11.4 Å². The van der Waals surface area contributed by atoms with Crippen LogP contribution in [0.25, 0.3) is 5.69 Å². The van der Waals surface area contributed by atoms with Crippen LogP contribution in [-0.2, 0) is 0 Å². The quantitative estimate of drug-likeness (QED) is 0.594. The lowest BCUT2D eigenvalue weighted by Gasteiger charge is -1.99. The van der Waals surface area contributed by atoms with Crippen LogP contribution in [-0.4, -0.2) is 19.8 Å². The number of benzene rings is 1. The Labute approximate surface area is 84.5 Å². The molecule has 6 nitrogen and oxygen atoms in total. The minimum atomic E-state index is -0.522. The van der Waals surface area contributed by atoms with Crippen LogP contribution >= 0.6 is 0 Å². The van der Waals surface area contributed by atoms with Crippen molar-refractivity contribution in [3.05, 3.63) is 46.8 Å². The first-order valence-corrected chi connectivity index (χ1v) is 4.15. The maximum Gasteiger partial charge on any atom is 0.307 e. The van der Waals surface area contributed by atoms with E-state index >= 15 is 0 Å². The molecule has 1 N–H and O–H groups in total. The maximum atomic E-state index is 10.4. The van der Waals surface area contributed by atoms with Gasteiger partial charge >= 0.3 is 5.69 Å². The molecule has 0 saturated carbocycles. The SMILES string of the molecule is O=[N+]([O-])c1cnn(-c2cccc(O)c2)c1. The number of nitrogens with zero attached hydrogens (tertiary/aromatic N) is 3. The standard InChI is InChI=1S/C9H7N3O3/c13-9-3-1-2-7(4-9)11-6-8(5-10-11)12(14)15/h1-6,13H. The van der Waals surface area contributed by atoms with Crippen molar-refractivity contribution in [2.45, 2.75) is 0 Å². The van der Waals surface area contributed by atoms with Crippen molar-refractivity contribution in [1.82, 2.24) is 9.78 Å². The first kappa shape index (κ1) is 9.20. The van der Waals surface area contributed by atoms with Crippen LogP contribution in [0.1, 0.15) is 0 Å². The highest BCUT2D eigenvalue weighted by Gasteiger charge is 2.09. The van der Waals surface area contributed by atoms with Crippen LogP contribution in [0.4, 0.5) is 5.69 Å². The van der Waals surface area contributed by atoms with Crippen molar-refractivity contribution in [3.63, 3.8) is 0 Å². The van der Waals surface area contributed by atoms with Crippen molar-refractivity contribution < 1.29 is 10.0 Å². The molecule has 0 saturated heterocycles. The smallest absolute Gasteiger partial charge is 0.307 e. The topological polar surface area (TPSA) is 81.2 Å². The van der Waals surface area contributed by atoms with Crippen LogP contribution in [0.2, 0.25) is 0 Å². The highest BCUT2D eigenvalue weighted by Crippen LogP contribution is 2.17. The largest absolute Gasteiger partial charge is 0.508 e. The van der Waals surface area contributed by atoms with E-state index < -0.39 is 4.92 Å². The third-order valence-corrected chi connectivity index (χ3v) is 1.87. The Kier molecular flexibility index (Phi) is 2.09. The van der Waals surface area contributed by atoms with E-state index in [0.717, 1.165) is 6.20 Å². The molecule has 15 heavy (non-hydrogen) atoms. The molecule has 2 aromatic rings. The van der Waals surface area contributed by atoms with E-state index in [4.69, 9.17) is 0 Å². The molecule has 0 spiro atoms. The van der Waals surface area contributed by atoms with Crippen molar-refractivity contribution in [3.8, 4) is 11.4 Å². The minimum absolute atomic E-state index is 0.0849. The number of rotatable bonds is 2. The number of phenols is 1. The van der Waals surface area contributed by atoms with Gasteiger partial charge in [-0.15, -0.1) is 0 Å². The summed E-state index contributed by atoms with van der Waals surface area (Å²) in [6.45, 7) is 0. The first-order valence-electron chi connectivity index (χ1n) is 4.15. The molecule has 0 bridgehead atoms. The van der Waals surface area contributed by atoms with Gasteiger partial charge in [0.1, 0.15) is 18.1 Å². The van der Waals surface area contributed by atoms with Crippen LogP contribution in [0, 0.1) is 10.1 Å². The van der Waals surface area contributed by atoms with Crippen molar-refractivity contribution in [2.75, 3.05) is 0 Å².